The second kappa shape index (κ2) is 8.11. The molecule has 9 heteroatoms. The Morgan fingerprint density at radius 2 is 2.24 bits per heavy atom. The number of amides is 2. The molecule has 0 bridgehead atoms. The number of aromatic nitrogens is 2. The molecule has 2 aromatic heterocycles. The Morgan fingerprint density at radius 3 is 2.95 bits per heavy atom. The third-order valence-electron chi connectivity index (χ3n) is 2.26. The van der Waals surface area contributed by atoms with Crippen LogP contribution in [-0.2, 0) is 4.79 Å². The number of anilines is 1. The number of hydrogen-bond acceptors (Lipinski definition) is 8. The van der Waals surface area contributed by atoms with Gasteiger partial charge in [-0.05, 0) is 17.9 Å². The Labute approximate surface area is 134 Å². The van der Waals surface area contributed by atoms with Gasteiger partial charge in [0.1, 0.15) is 0 Å². The Morgan fingerprint density at radius 1 is 1.38 bits per heavy atom. The van der Waals surface area contributed by atoms with E-state index < -0.39 is 0 Å². The van der Waals surface area contributed by atoms with Gasteiger partial charge in [-0.2, -0.15) is 0 Å². The molecular weight excluding hydrogens is 328 g/mol. The molecule has 6 nitrogen and oxygen atoms in total. The summed E-state index contributed by atoms with van der Waals surface area (Å²) >= 11 is 3.96. The zero-order chi connectivity index (χ0) is 15.1. The second-order valence-electron chi connectivity index (χ2n) is 3.94. The minimum absolute atomic E-state index is 0.138. The summed E-state index contributed by atoms with van der Waals surface area (Å²) in [6, 6.07) is 3.45. The van der Waals surface area contributed by atoms with E-state index in [0.29, 0.717) is 9.22 Å². The minimum Gasteiger partial charge on any atom is -0.360 e. The predicted octanol–water partition coefficient (Wildman–Crippen LogP) is 2.47. The van der Waals surface area contributed by atoms with Crippen LogP contribution < -0.4 is 10.6 Å². The lowest BCUT2D eigenvalue weighted by Gasteiger charge is -2.00. The van der Waals surface area contributed by atoms with Crippen molar-refractivity contribution >= 4 is 51.4 Å². The van der Waals surface area contributed by atoms with Crippen LogP contribution in [0.3, 0.4) is 0 Å². The Kier molecular flexibility index (Phi) is 6.15. The molecule has 0 fully saturated rings. The fraction of sp³-hybridized carbons (Fsp3) is 0.333. The van der Waals surface area contributed by atoms with E-state index in [-0.39, 0.29) is 17.6 Å². The molecule has 21 heavy (non-hydrogen) atoms. The van der Waals surface area contributed by atoms with Crippen LogP contribution in [0.4, 0.5) is 5.13 Å². The number of nitrogens with one attached hydrogen (secondary N) is 2. The zero-order valence-corrected chi connectivity index (χ0v) is 13.7. The van der Waals surface area contributed by atoms with Crippen molar-refractivity contribution in [3.05, 3.63) is 22.4 Å². The van der Waals surface area contributed by atoms with E-state index in [2.05, 4.69) is 27.8 Å². The summed E-state index contributed by atoms with van der Waals surface area (Å²) in [7, 11) is 0. The standard InChI is InChI=1S/C12H14N4O2S3/c1-2-5-13-11-15-16-12(21-11)20-7-9(17)14-10(18)8-4-3-6-19-8/h3-4,6H,2,5,7H2,1H3,(H,13,15)(H,14,17,18). The lowest BCUT2D eigenvalue weighted by atomic mass is 10.4. The summed E-state index contributed by atoms with van der Waals surface area (Å²) in [6.45, 7) is 2.91. The number of thiophene rings is 1. The van der Waals surface area contributed by atoms with Gasteiger partial charge in [-0.15, -0.1) is 21.5 Å². The quantitative estimate of drug-likeness (QED) is 0.752. The molecule has 0 saturated heterocycles. The molecule has 2 heterocycles. The molecule has 2 rings (SSSR count). The first kappa shape index (κ1) is 15.9. The van der Waals surface area contributed by atoms with Crippen LogP contribution in [0.1, 0.15) is 23.0 Å². The van der Waals surface area contributed by atoms with Gasteiger partial charge in [0.25, 0.3) is 5.91 Å². The smallest absolute Gasteiger partial charge is 0.267 e. The van der Waals surface area contributed by atoms with Crippen molar-refractivity contribution in [2.45, 2.75) is 17.7 Å². The first-order chi connectivity index (χ1) is 10.2. The van der Waals surface area contributed by atoms with E-state index in [1.165, 1.54) is 34.4 Å². The fourth-order valence-corrected chi connectivity index (χ4v) is 3.53. The third-order valence-corrected chi connectivity index (χ3v) is 5.14. The first-order valence-electron chi connectivity index (χ1n) is 6.27. The highest BCUT2D eigenvalue weighted by atomic mass is 32.2. The van der Waals surface area contributed by atoms with Gasteiger partial charge in [-0.25, -0.2) is 0 Å². The summed E-state index contributed by atoms with van der Waals surface area (Å²) in [6.07, 6.45) is 1.01. The molecular formula is C12H14N4O2S3. The van der Waals surface area contributed by atoms with E-state index in [9.17, 15) is 9.59 Å². The Bertz CT molecular complexity index is 597. The predicted molar refractivity (Wildman–Crippen MR) is 86.2 cm³/mol. The number of carbonyl (C=O) groups excluding carboxylic acids is 2. The molecule has 0 aliphatic heterocycles. The molecule has 0 atom stereocenters. The van der Waals surface area contributed by atoms with Crippen molar-refractivity contribution < 1.29 is 9.59 Å². The maximum atomic E-state index is 11.7. The van der Waals surface area contributed by atoms with Crippen LogP contribution in [0.15, 0.2) is 21.9 Å². The van der Waals surface area contributed by atoms with Crippen molar-refractivity contribution in [2.75, 3.05) is 17.6 Å². The summed E-state index contributed by atoms with van der Waals surface area (Å²) in [5.74, 6) is -0.561. The Balaban J connectivity index is 1.76. The third kappa shape index (κ3) is 5.10. The topological polar surface area (TPSA) is 84.0 Å². The van der Waals surface area contributed by atoms with Crippen molar-refractivity contribution in [2.24, 2.45) is 0 Å². The van der Waals surface area contributed by atoms with Crippen LogP contribution in [-0.4, -0.2) is 34.3 Å². The van der Waals surface area contributed by atoms with E-state index in [1.807, 2.05) is 0 Å². The lowest BCUT2D eigenvalue weighted by Crippen LogP contribution is -2.31. The largest absolute Gasteiger partial charge is 0.360 e. The molecule has 0 unspecified atom stereocenters. The number of thioether (sulfide) groups is 1. The van der Waals surface area contributed by atoms with Crippen LogP contribution >= 0.6 is 34.4 Å². The average Bonchev–Trinajstić information content (AvgIpc) is 3.14. The zero-order valence-electron chi connectivity index (χ0n) is 11.3. The first-order valence-corrected chi connectivity index (χ1v) is 8.95. The summed E-state index contributed by atoms with van der Waals surface area (Å²) in [5.41, 5.74) is 0. The maximum absolute atomic E-state index is 11.7. The van der Waals surface area contributed by atoms with Gasteiger partial charge in [0.2, 0.25) is 11.0 Å². The molecule has 0 aliphatic carbocycles. The van der Waals surface area contributed by atoms with Crippen LogP contribution in [0.2, 0.25) is 0 Å². The highest BCUT2D eigenvalue weighted by Crippen LogP contribution is 2.25. The number of nitrogens with zero attached hydrogens (tertiary/aromatic N) is 2. The number of imide groups is 1. The van der Waals surface area contributed by atoms with E-state index in [1.54, 1.807) is 17.5 Å². The molecule has 2 amide bonds. The van der Waals surface area contributed by atoms with Crippen LogP contribution in [0.5, 0.6) is 0 Å². The van der Waals surface area contributed by atoms with Gasteiger partial charge in [0.15, 0.2) is 4.34 Å². The maximum Gasteiger partial charge on any atom is 0.267 e. The second-order valence-corrected chi connectivity index (χ2v) is 7.09. The number of rotatable bonds is 7. The number of hydrogen-bond donors (Lipinski definition) is 2. The minimum atomic E-state index is -0.363. The molecule has 0 radical (unpaired) electrons. The fourth-order valence-electron chi connectivity index (χ4n) is 1.33. The van der Waals surface area contributed by atoms with E-state index >= 15 is 0 Å². The van der Waals surface area contributed by atoms with Crippen LogP contribution in [0.25, 0.3) is 0 Å². The lowest BCUT2D eigenvalue weighted by molar-refractivity contribution is -0.117. The van der Waals surface area contributed by atoms with Crippen LogP contribution in [0, 0.1) is 0 Å². The molecule has 0 spiro atoms. The average molecular weight is 342 g/mol. The summed E-state index contributed by atoms with van der Waals surface area (Å²) in [5, 5.41) is 16.0. The highest BCUT2D eigenvalue weighted by molar-refractivity contribution is 8.01. The van der Waals surface area contributed by atoms with Crippen molar-refractivity contribution in [1.29, 1.82) is 0 Å². The van der Waals surface area contributed by atoms with E-state index in [4.69, 9.17) is 0 Å². The van der Waals surface area contributed by atoms with Crippen molar-refractivity contribution in [3.8, 4) is 0 Å². The van der Waals surface area contributed by atoms with Crippen molar-refractivity contribution in [3.63, 3.8) is 0 Å². The number of carbonyl (C=O) groups is 2. The molecule has 2 N–H and O–H groups in total. The monoisotopic (exact) mass is 342 g/mol. The summed E-state index contributed by atoms with van der Waals surface area (Å²) < 4.78 is 0.701. The Hall–Kier alpha value is -1.45. The van der Waals surface area contributed by atoms with E-state index in [0.717, 1.165) is 18.1 Å². The van der Waals surface area contributed by atoms with Crippen molar-refractivity contribution in [1.82, 2.24) is 15.5 Å². The molecule has 112 valence electrons. The van der Waals surface area contributed by atoms with Gasteiger partial charge in [0, 0.05) is 6.54 Å². The summed E-state index contributed by atoms with van der Waals surface area (Å²) in [4.78, 5) is 23.9. The van der Waals surface area contributed by atoms with Gasteiger partial charge in [-0.1, -0.05) is 36.1 Å². The molecule has 0 aromatic carbocycles. The van der Waals surface area contributed by atoms with Gasteiger partial charge in [-0.3, -0.25) is 14.9 Å². The van der Waals surface area contributed by atoms with Gasteiger partial charge < -0.3 is 5.32 Å². The highest BCUT2D eigenvalue weighted by Gasteiger charge is 2.12. The van der Waals surface area contributed by atoms with Gasteiger partial charge in [0.05, 0.1) is 10.6 Å². The molecule has 2 aromatic rings. The van der Waals surface area contributed by atoms with Gasteiger partial charge >= 0.3 is 0 Å². The molecule has 0 saturated carbocycles. The molecule has 0 aliphatic rings. The normalized spacial score (nSPS) is 10.3. The SMILES string of the molecule is CCCNc1nnc(SCC(=O)NC(=O)c2cccs2)s1.